The van der Waals surface area contributed by atoms with Crippen LogP contribution in [0.4, 0.5) is 5.82 Å². The molecule has 0 spiro atoms. The van der Waals surface area contributed by atoms with Gasteiger partial charge in [0.15, 0.2) is 5.78 Å². The molecule has 5 atom stereocenters. The van der Waals surface area contributed by atoms with Gasteiger partial charge in [0.05, 0.1) is 24.8 Å². The fourth-order valence-corrected chi connectivity index (χ4v) is 5.86. The van der Waals surface area contributed by atoms with E-state index >= 15 is 0 Å². The number of anilines is 1. The van der Waals surface area contributed by atoms with Crippen LogP contribution in [0.15, 0.2) is 36.5 Å². The number of phenols is 1. The summed E-state index contributed by atoms with van der Waals surface area (Å²) in [6.07, 6.45) is -5.24. The zero-order chi connectivity index (χ0) is 31.9. The number of ether oxygens (including phenoxy) is 3. The van der Waals surface area contributed by atoms with E-state index in [-0.39, 0.29) is 64.7 Å². The van der Waals surface area contributed by atoms with Crippen molar-refractivity contribution in [3.63, 3.8) is 0 Å². The van der Waals surface area contributed by atoms with Gasteiger partial charge in [-0.3, -0.25) is 9.59 Å². The Morgan fingerprint density at radius 3 is 2.50 bits per heavy atom. The number of aliphatic hydroxyl groups excluding tert-OH is 3. The number of aliphatic hydroxyl groups is 4. The van der Waals surface area contributed by atoms with Crippen LogP contribution < -0.4 is 20.5 Å². The average Bonchev–Trinajstić information content (AvgIpc) is 3.00. The predicted octanol–water partition coefficient (Wildman–Crippen LogP) is 0.363. The second kappa shape index (κ2) is 12.1. The largest absolute Gasteiger partial charge is 0.507 e. The Labute approximate surface area is 252 Å². The SMILES string of the molecule is CNCc1c(C)cc2c(c1O)C(=O)c1c(OC3OC(CO)C(O)(CCc4ccnc(N)c4)C(O)C3O)cc(OC)cc1C2=O. The highest BCUT2D eigenvalue weighted by molar-refractivity contribution is 6.30. The lowest BCUT2D eigenvalue weighted by Gasteiger charge is -2.47. The summed E-state index contributed by atoms with van der Waals surface area (Å²) >= 11 is 0. The number of benzene rings is 2. The number of hydrogen-bond donors (Lipinski definition) is 7. The number of aromatic hydroxyl groups is 1. The molecule has 0 radical (unpaired) electrons. The van der Waals surface area contributed by atoms with E-state index in [1.807, 2.05) is 0 Å². The third-order valence-electron chi connectivity index (χ3n) is 8.28. The van der Waals surface area contributed by atoms with Gasteiger partial charge in [-0.05, 0) is 62.2 Å². The molecule has 3 aromatic rings. The van der Waals surface area contributed by atoms with Crippen molar-refractivity contribution in [2.45, 2.75) is 56.5 Å². The van der Waals surface area contributed by atoms with E-state index in [9.17, 15) is 35.1 Å². The van der Waals surface area contributed by atoms with Crippen molar-refractivity contribution in [2.75, 3.05) is 26.5 Å². The number of pyridine rings is 1. The van der Waals surface area contributed by atoms with E-state index in [0.29, 0.717) is 16.7 Å². The Balaban J connectivity index is 1.49. The molecule has 8 N–H and O–H groups in total. The number of ketones is 2. The van der Waals surface area contributed by atoms with Crippen LogP contribution in [0.5, 0.6) is 17.2 Å². The van der Waals surface area contributed by atoms with Crippen LogP contribution in [-0.4, -0.2) is 93.1 Å². The number of fused-ring (bicyclic) bond motifs is 2. The summed E-state index contributed by atoms with van der Waals surface area (Å²) in [7, 11) is 3.03. The van der Waals surface area contributed by atoms with Crippen molar-refractivity contribution in [2.24, 2.45) is 0 Å². The molecular weight excluding hydrogens is 574 g/mol. The molecule has 0 amide bonds. The number of hydrogen-bond acceptors (Lipinski definition) is 13. The molecule has 5 rings (SSSR count). The quantitative estimate of drug-likeness (QED) is 0.137. The van der Waals surface area contributed by atoms with Crippen LogP contribution in [-0.2, 0) is 17.7 Å². The molecule has 2 aromatic carbocycles. The number of nitrogens with one attached hydrogen (secondary N) is 1. The number of nitrogens with two attached hydrogens (primary N) is 1. The standard InChI is InChI=1S/C31H35N3O10/c1-14-8-17-24(26(37)19(14)12-33-2)27(38)23-18(25(17)36)10-16(42-3)11-20(23)43-30-28(39)29(40)31(41,21(13-35)44-30)6-4-15-5-7-34-22(32)9-15/h5,7-11,21,28-30,33,35,37,39-41H,4,6,12-13H2,1-3H3,(H2,32,34). The average molecular weight is 610 g/mol. The number of carbonyl (C=O) groups is 2. The molecule has 2 heterocycles. The zero-order valence-electron chi connectivity index (χ0n) is 24.4. The van der Waals surface area contributed by atoms with Gasteiger partial charge in [-0.25, -0.2) is 4.98 Å². The maximum atomic E-state index is 13.9. The Morgan fingerprint density at radius 1 is 1.11 bits per heavy atom. The van der Waals surface area contributed by atoms with Gasteiger partial charge < -0.3 is 50.8 Å². The molecule has 234 valence electrons. The lowest BCUT2D eigenvalue weighted by atomic mass is 9.79. The van der Waals surface area contributed by atoms with Crippen molar-refractivity contribution >= 4 is 17.4 Å². The van der Waals surface area contributed by atoms with Crippen LogP contribution in [0.1, 0.15) is 55.0 Å². The van der Waals surface area contributed by atoms with Crippen LogP contribution in [0, 0.1) is 6.92 Å². The molecule has 1 aliphatic carbocycles. The highest BCUT2D eigenvalue weighted by atomic mass is 16.7. The molecule has 1 fully saturated rings. The first-order valence-electron chi connectivity index (χ1n) is 14.0. The molecule has 13 heteroatoms. The lowest BCUT2D eigenvalue weighted by molar-refractivity contribution is -0.314. The minimum absolute atomic E-state index is 0.0160. The number of rotatable bonds is 9. The molecule has 2 aliphatic rings. The summed E-state index contributed by atoms with van der Waals surface area (Å²) in [5, 5.41) is 57.7. The van der Waals surface area contributed by atoms with Gasteiger partial charge >= 0.3 is 0 Å². The highest BCUT2D eigenvalue weighted by Crippen LogP contribution is 2.43. The fraction of sp³-hybridized carbons (Fsp3) is 0.387. The summed E-state index contributed by atoms with van der Waals surface area (Å²) in [4.78, 5) is 31.5. The van der Waals surface area contributed by atoms with E-state index in [1.54, 1.807) is 32.2 Å². The topological polar surface area (TPSA) is 214 Å². The predicted molar refractivity (Wildman–Crippen MR) is 156 cm³/mol. The van der Waals surface area contributed by atoms with Crippen LogP contribution in [0.3, 0.4) is 0 Å². The van der Waals surface area contributed by atoms with Gasteiger partial charge in [0.2, 0.25) is 12.1 Å². The Bertz CT molecular complexity index is 1610. The first-order valence-corrected chi connectivity index (χ1v) is 14.0. The monoisotopic (exact) mass is 609 g/mol. The van der Waals surface area contributed by atoms with Crippen molar-refractivity contribution in [1.29, 1.82) is 0 Å². The molecule has 1 aliphatic heterocycles. The van der Waals surface area contributed by atoms with E-state index in [2.05, 4.69) is 10.3 Å². The molecular formula is C31H35N3O10. The van der Waals surface area contributed by atoms with Gasteiger partial charge in [0.1, 0.15) is 47.0 Å². The molecule has 0 saturated carbocycles. The van der Waals surface area contributed by atoms with Crippen LogP contribution >= 0.6 is 0 Å². The third-order valence-corrected chi connectivity index (χ3v) is 8.28. The molecule has 44 heavy (non-hydrogen) atoms. The maximum Gasteiger partial charge on any atom is 0.229 e. The lowest BCUT2D eigenvalue weighted by Crippen LogP contribution is -2.68. The van der Waals surface area contributed by atoms with Crippen molar-refractivity contribution in [3.05, 3.63) is 75.5 Å². The van der Waals surface area contributed by atoms with Crippen LogP contribution in [0.25, 0.3) is 0 Å². The first kappa shape index (κ1) is 31.3. The van der Waals surface area contributed by atoms with Gasteiger partial charge in [-0.15, -0.1) is 0 Å². The van der Waals surface area contributed by atoms with E-state index in [0.717, 1.165) is 0 Å². The summed E-state index contributed by atoms with van der Waals surface area (Å²) in [6.45, 7) is 1.21. The number of nitrogens with zero attached hydrogens (tertiary/aromatic N) is 1. The normalized spacial score (nSPS) is 24.5. The number of nitrogen functional groups attached to an aromatic ring is 1. The van der Waals surface area contributed by atoms with Gasteiger partial charge in [0, 0.05) is 35.5 Å². The first-order chi connectivity index (χ1) is 20.9. The Hall–Kier alpha value is -4.11. The molecule has 1 saturated heterocycles. The summed E-state index contributed by atoms with van der Waals surface area (Å²) < 4.78 is 17.0. The fourth-order valence-electron chi connectivity index (χ4n) is 5.86. The van der Waals surface area contributed by atoms with E-state index in [4.69, 9.17) is 19.9 Å². The Kier molecular flexibility index (Phi) is 8.62. The van der Waals surface area contributed by atoms with Gasteiger partial charge in [0.25, 0.3) is 0 Å². The zero-order valence-corrected chi connectivity index (χ0v) is 24.4. The van der Waals surface area contributed by atoms with Crippen LogP contribution in [0.2, 0.25) is 0 Å². The number of carbonyl (C=O) groups excluding carboxylic acids is 2. The van der Waals surface area contributed by atoms with Crippen molar-refractivity contribution in [1.82, 2.24) is 10.3 Å². The summed E-state index contributed by atoms with van der Waals surface area (Å²) in [5.41, 5.74) is 4.94. The van der Waals surface area contributed by atoms with Crippen molar-refractivity contribution < 1.29 is 49.3 Å². The van der Waals surface area contributed by atoms with Gasteiger partial charge in [-0.2, -0.15) is 0 Å². The van der Waals surface area contributed by atoms with Crippen molar-refractivity contribution in [3.8, 4) is 17.2 Å². The molecule has 1 aromatic heterocycles. The van der Waals surface area contributed by atoms with E-state index in [1.165, 1.54) is 25.4 Å². The number of aromatic nitrogens is 1. The summed E-state index contributed by atoms with van der Waals surface area (Å²) in [6, 6.07) is 7.49. The molecule has 5 unspecified atom stereocenters. The smallest absolute Gasteiger partial charge is 0.229 e. The second-order valence-electron chi connectivity index (χ2n) is 11.0. The highest BCUT2D eigenvalue weighted by Gasteiger charge is 2.55. The maximum absolute atomic E-state index is 13.9. The number of aryl methyl sites for hydroxylation is 2. The van der Waals surface area contributed by atoms with E-state index < -0.39 is 48.4 Å². The molecule has 0 bridgehead atoms. The third kappa shape index (κ3) is 5.27. The number of methoxy groups -OCH3 is 1. The minimum atomic E-state index is -2.10. The number of phenolic OH excluding ortho intramolecular Hbond substituents is 1. The Morgan fingerprint density at radius 2 is 1.84 bits per heavy atom. The minimum Gasteiger partial charge on any atom is -0.507 e. The van der Waals surface area contributed by atoms with Gasteiger partial charge in [-0.1, -0.05) is 0 Å². The molecule has 13 nitrogen and oxygen atoms in total. The summed E-state index contributed by atoms with van der Waals surface area (Å²) in [5.74, 6) is -1.43. The second-order valence-corrected chi connectivity index (χ2v) is 11.0.